The van der Waals surface area contributed by atoms with E-state index in [2.05, 4.69) is 0 Å². The Morgan fingerprint density at radius 2 is 1.77 bits per heavy atom. The minimum atomic E-state index is -0.957. The smallest absolute Gasteiger partial charge is 0.413 e. The molecule has 1 aromatic rings. The number of amides is 1. The van der Waals surface area contributed by atoms with Gasteiger partial charge in [0.25, 0.3) is 0 Å². The lowest BCUT2D eigenvalue weighted by Gasteiger charge is -2.32. The number of carbonyl (C=O) groups is 2. The van der Waals surface area contributed by atoms with Crippen LogP contribution in [-0.4, -0.2) is 62.3 Å². The summed E-state index contributed by atoms with van der Waals surface area (Å²) in [7, 11) is 0. The summed E-state index contributed by atoms with van der Waals surface area (Å²) in [6.07, 6.45) is -1.81. The SMILES string of the molecule is CCOc1ccccc1OC[C@@H]1CN(C(=O)OC(C)OC(=O)[C@@H](C)C(C)C)CCO1. The summed E-state index contributed by atoms with van der Waals surface area (Å²) in [6, 6.07) is 7.41. The van der Waals surface area contributed by atoms with E-state index in [1.54, 1.807) is 6.92 Å². The number of ether oxygens (including phenoxy) is 5. The Morgan fingerprint density at radius 1 is 1.10 bits per heavy atom. The van der Waals surface area contributed by atoms with Crippen LogP contribution in [0, 0.1) is 11.8 Å². The lowest BCUT2D eigenvalue weighted by Crippen LogP contribution is -2.48. The van der Waals surface area contributed by atoms with Crippen molar-refractivity contribution in [1.82, 2.24) is 4.90 Å². The van der Waals surface area contributed by atoms with Crippen molar-refractivity contribution in [2.45, 2.75) is 47.0 Å². The van der Waals surface area contributed by atoms with Crippen molar-refractivity contribution in [2.75, 3.05) is 32.9 Å². The second-order valence-electron chi connectivity index (χ2n) is 7.55. The number of hydrogen-bond donors (Lipinski definition) is 0. The number of carbonyl (C=O) groups excluding carboxylic acids is 2. The number of rotatable bonds is 9. The van der Waals surface area contributed by atoms with Crippen molar-refractivity contribution >= 4 is 12.1 Å². The predicted molar refractivity (Wildman–Crippen MR) is 110 cm³/mol. The first-order valence-corrected chi connectivity index (χ1v) is 10.4. The van der Waals surface area contributed by atoms with Crippen molar-refractivity contribution in [1.29, 1.82) is 0 Å². The molecule has 0 spiro atoms. The number of esters is 1. The highest BCUT2D eigenvalue weighted by molar-refractivity contribution is 5.73. The molecule has 1 saturated heterocycles. The highest BCUT2D eigenvalue weighted by Gasteiger charge is 2.28. The summed E-state index contributed by atoms with van der Waals surface area (Å²) in [4.78, 5) is 26.0. The Kier molecular flexibility index (Phi) is 9.23. The van der Waals surface area contributed by atoms with Crippen LogP contribution in [0.1, 0.15) is 34.6 Å². The standard InChI is InChI=1S/C22H33NO7/c1-6-26-19-9-7-8-10-20(19)28-14-18-13-23(11-12-27-18)22(25)30-17(5)29-21(24)16(4)15(2)3/h7-10,15-18H,6,11-14H2,1-5H3/t16-,17?,18-/m0/s1. The fourth-order valence-corrected chi connectivity index (χ4v) is 2.80. The van der Waals surface area contributed by atoms with E-state index in [0.29, 0.717) is 37.8 Å². The van der Waals surface area contributed by atoms with Crippen molar-refractivity contribution < 1.29 is 33.3 Å². The Morgan fingerprint density at radius 3 is 2.40 bits per heavy atom. The van der Waals surface area contributed by atoms with Gasteiger partial charge in [0.1, 0.15) is 12.7 Å². The fraction of sp³-hybridized carbons (Fsp3) is 0.636. The Balaban J connectivity index is 1.82. The molecule has 3 atom stereocenters. The van der Waals surface area contributed by atoms with Gasteiger partial charge < -0.3 is 28.6 Å². The van der Waals surface area contributed by atoms with Gasteiger partial charge in [0, 0.05) is 13.5 Å². The summed E-state index contributed by atoms with van der Waals surface area (Å²) in [5.74, 6) is 0.788. The second-order valence-corrected chi connectivity index (χ2v) is 7.55. The van der Waals surface area contributed by atoms with Crippen LogP contribution >= 0.6 is 0 Å². The van der Waals surface area contributed by atoms with Gasteiger partial charge in [-0.05, 0) is 25.0 Å². The maximum absolute atomic E-state index is 12.4. The zero-order valence-electron chi connectivity index (χ0n) is 18.5. The van der Waals surface area contributed by atoms with Crippen LogP contribution in [0.2, 0.25) is 0 Å². The Hall–Kier alpha value is -2.48. The van der Waals surface area contributed by atoms with Crippen LogP contribution in [-0.2, 0) is 19.0 Å². The number of morpholine rings is 1. The molecule has 0 aromatic heterocycles. The second kappa shape index (κ2) is 11.6. The molecule has 168 valence electrons. The molecule has 0 N–H and O–H groups in total. The summed E-state index contributed by atoms with van der Waals surface area (Å²) in [6.45, 7) is 11.0. The summed E-state index contributed by atoms with van der Waals surface area (Å²) < 4.78 is 27.6. The van der Waals surface area contributed by atoms with Gasteiger partial charge in [0.2, 0.25) is 6.29 Å². The molecule has 1 aromatic carbocycles. The third kappa shape index (κ3) is 7.09. The van der Waals surface area contributed by atoms with Gasteiger partial charge >= 0.3 is 12.1 Å². The molecule has 0 radical (unpaired) electrons. The van der Waals surface area contributed by atoms with E-state index in [0.717, 1.165) is 0 Å². The molecule has 8 heteroatoms. The zero-order chi connectivity index (χ0) is 22.1. The molecule has 1 fully saturated rings. The molecule has 2 rings (SSSR count). The van der Waals surface area contributed by atoms with Crippen LogP contribution in [0.4, 0.5) is 4.79 Å². The van der Waals surface area contributed by atoms with Crippen molar-refractivity contribution in [3.63, 3.8) is 0 Å². The van der Waals surface area contributed by atoms with E-state index in [9.17, 15) is 9.59 Å². The van der Waals surface area contributed by atoms with E-state index in [1.807, 2.05) is 45.0 Å². The van der Waals surface area contributed by atoms with Gasteiger partial charge in [0.05, 0.1) is 25.7 Å². The number of hydrogen-bond acceptors (Lipinski definition) is 7. The highest BCUT2D eigenvalue weighted by atomic mass is 16.7. The lowest BCUT2D eigenvalue weighted by molar-refractivity contribution is -0.172. The molecule has 1 heterocycles. The van der Waals surface area contributed by atoms with Gasteiger partial charge in [-0.15, -0.1) is 0 Å². The normalized spacial score (nSPS) is 18.5. The van der Waals surface area contributed by atoms with Gasteiger partial charge in [-0.25, -0.2) is 4.79 Å². The molecular weight excluding hydrogens is 390 g/mol. The minimum absolute atomic E-state index is 0.147. The van der Waals surface area contributed by atoms with Crippen molar-refractivity contribution in [3.05, 3.63) is 24.3 Å². The summed E-state index contributed by atoms with van der Waals surface area (Å²) in [5, 5.41) is 0. The minimum Gasteiger partial charge on any atom is -0.490 e. The van der Waals surface area contributed by atoms with Gasteiger partial charge in [-0.1, -0.05) is 32.9 Å². The monoisotopic (exact) mass is 423 g/mol. The first-order chi connectivity index (χ1) is 14.3. The molecule has 1 unspecified atom stereocenters. The predicted octanol–water partition coefficient (Wildman–Crippen LogP) is 3.48. The molecule has 0 bridgehead atoms. The quantitative estimate of drug-likeness (QED) is 0.444. The molecule has 1 amide bonds. The molecule has 8 nitrogen and oxygen atoms in total. The molecule has 0 saturated carbocycles. The average Bonchev–Trinajstić information content (AvgIpc) is 2.72. The van der Waals surface area contributed by atoms with Crippen LogP contribution in [0.3, 0.4) is 0 Å². The number of para-hydroxylation sites is 2. The van der Waals surface area contributed by atoms with Crippen LogP contribution in [0.25, 0.3) is 0 Å². The van der Waals surface area contributed by atoms with Crippen LogP contribution < -0.4 is 9.47 Å². The van der Waals surface area contributed by atoms with E-state index < -0.39 is 12.4 Å². The van der Waals surface area contributed by atoms with Gasteiger partial charge in [-0.3, -0.25) is 4.79 Å². The maximum atomic E-state index is 12.4. The van der Waals surface area contributed by atoms with Gasteiger partial charge in [-0.2, -0.15) is 0 Å². The van der Waals surface area contributed by atoms with Gasteiger partial charge in [0.15, 0.2) is 11.5 Å². The van der Waals surface area contributed by atoms with Crippen molar-refractivity contribution in [2.24, 2.45) is 11.8 Å². The first-order valence-electron chi connectivity index (χ1n) is 10.4. The van der Waals surface area contributed by atoms with E-state index >= 15 is 0 Å². The summed E-state index contributed by atoms with van der Waals surface area (Å²) in [5.41, 5.74) is 0. The van der Waals surface area contributed by atoms with Crippen molar-refractivity contribution in [3.8, 4) is 11.5 Å². The molecule has 1 aliphatic heterocycles. The van der Waals surface area contributed by atoms with E-state index in [4.69, 9.17) is 23.7 Å². The third-order valence-electron chi connectivity index (χ3n) is 4.89. The number of nitrogens with zero attached hydrogens (tertiary/aromatic N) is 1. The topological polar surface area (TPSA) is 83.5 Å². The molecule has 0 aliphatic carbocycles. The summed E-state index contributed by atoms with van der Waals surface area (Å²) >= 11 is 0. The highest BCUT2D eigenvalue weighted by Crippen LogP contribution is 2.26. The molecule has 30 heavy (non-hydrogen) atoms. The fourth-order valence-electron chi connectivity index (χ4n) is 2.80. The van der Waals surface area contributed by atoms with E-state index in [-0.39, 0.29) is 30.5 Å². The Bertz CT molecular complexity index is 694. The number of benzene rings is 1. The lowest BCUT2D eigenvalue weighted by atomic mass is 9.99. The van der Waals surface area contributed by atoms with E-state index in [1.165, 1.54) is 11.8 Å². The zero-order valence-corrected chi connectivity index (χ0v) is 18.5. The van der Waals surface area contributed by atoms with Crippen LogP contribution in [0.5, 0.6) is 11.5 Å². The largest absolute Gasteiger partial charge is 0.490 e. The molecule has 1 aliphatic rings. The average molecular weight is 424 g/mol. The maximum Gasteiger partial charge on any atom is 0.413 e. The van der Waals surface area contributed by atoms with Crippen LogP contribution in [0.15, 0.2) is 24.3 Å². The first kappa shape index (κ1) is 23.8. The molecular formula is C22H33NO7. The Labute approximate surface area is 178 Å². The third-order valence-corrected chi connectivity index (χ3v) is 4.89.